The fourth-order valence-corrected chi connectivity index (χ4v) is 4.39. The number of hydrogen-bond acceptors (Lipinski definition) is 6. The Morgan fingerprint density at radius 3 is 2.73 bits per heavy atom. The quantitative estimate of drug-likeness (QED) is 0.723. The van der Waals surface area contributed by atoms with E-state index >= 15 is 0 Å². The van der Waals surface area contributed by atoms with E-state index in [0.29, 0.717) is 24.9 Å². The number of rotatable bonds is 5. The first-order valence-corrected chi connectivity index (χ1v) is 10.2. The average Bonchev–Trinajstić information content (AvgIpc) is 3.29. The maximum Gasteiger partial charge on any atom is 0.270 e. The lowest BCUT2D eigenvalue weighted by atomic mass is 10.3. The van der Waals surface area contributed by atoms with Gasteiger partial charge in [-0.3, -0.25) is 9.69 Å². The lowest BCUT2D eigenvalue weighted by Crippen LogP contribution is -3.06. The van der Waals surface area contributed by atoms with Crippen LogP contribution in [-0.2, 0) is 0 Å². The van der Waals surface area contributed by atoms with Gasteiger partial charge in [0.25, 0.3) is 5.91 Å². The molecule has 4 rings (SSSR count). The summed E-state index contributed by atoms with van der Waals surface area (Å²) in [5.74, 6) is 1.46. The summed E-state index contributed by atoms with van der Waals surface area (Å²) in [5, 5.41) is 2.63. The van der Waals surface area contributed by atoms with E-state index in [-0.39, 0.29) is 5.91 Å². The highest BCUT2D eigenvalue weighted by atomic mass is 32.1. The van der Waals surface area contributed by atoms with Crippen molar-refractivity contribution in [3.8, 4) is 11.5 Å². The Hall–Kier alpha value is -2.16. The van der Waals surface area contributed by atoms with Gasteiger partial charge in [-0.1, -0.05) is 17.4 Å². The highest BCUT2D eigenvalue weighted by Gasteiger charge is 2.24. The van der Waals surface area contributed by atoms with Gasteiger partial charge in [-0.25, -0.2) is 4.98 Å². The molecule has 3 aromatic rings. The van der Waals surface area contributed by atoms with Crippen LogP contribution >= 0.6 is 22.7 Å². The molecule has 26 heavy (non-hydrogen) atoms. The zero-order valence-electron chi connectivity index (χ0n) is 14.7. The number of carbonyl (C=O) groups is 1. The van der Waals surface area contributed by atoms with Crippen LogP contribution in [0.5, 0.6) is 11.5 Å². The summed E-state index contributed by atoms with van der Waals surface area (Å²) < 4.78 is 12.3. The number of ether oxygens (including phenoxy) is 2. The Kier molecular flexibility index (Phi) is 4.80. The predicted molar refractivity (Wildman–Crippen MR) is 104 cm³/mol. The number of thiophene rings is 1. The van der Waals surface area contributed by atoms with Crippen LogP contribution in [0.25, 0.3) is 10.2 Å². The highest BCUT2D eigenvalue weighted by molar-refractivity contribution is 7.22. The molecule has 3 heterocycles. The fourth-order valence-electron chi connectivity index (χ4n) is 2.72. The SMILES string of the molecule is C[NH+](C)CCN(C(=O)c1cccs1)c1nc2cc3c(cc2s1)OCCO3. The molecule has 0 aliphatic carbocycles. The summed E-state index contributed by atoms with van der Waals surface area (Å²) in [6, 6.07) is 7.61. The smallest absolute Gasteiger partial charge is 0.270 e. The Morgan fingerprint density at radius 2 is 2.04 bits per heavy atom. The van der Waals surface area contributed by atoms with Crippen molar-refractivity contribution in [2.24, 2.45) is 0 Å². The van der Waals surface area contributed by atoms with Crippen LogP contribution in [-0.4, -0.2) is 51.3 Å². The Bertz CT molecular complexity index is 878. The molecule has 0 atom stereocenters. The van der Waals surface area contributed by atoms with Crippen molar-refractivity contribution < 1.29 is 19.2 Å². The summed E-state index contributed by atoms with van der Waals surface area (Å²) in [6.07, 6.45) is 0. The van der Waals surface area contributed by atoms with Crippen LogP contribution in [0.4, 0.5) is 5.13 Å². The third-order valence-corrected chi connectivity index (χ3v) is 5.98. The minimum absolute atomic E-state index is 0.00225. The Balaban J connectivity index is 1.71. The van der Waals surface area contributed by atoms with Crippen molar-refractivity contribution in [2.45, 2.75) is 0 Å². The van der Waals surface area contributed by atoms with Gasteiger partial charge >= 0.3 is 0 Å². The van der Waals surface area contributed by atoms with Gasteiger partial charge in [0.1, 0.15) is 13.2 Å². The maximum atomic E-state index is 13.0. The second kappa shape index (κ2) is 7.22. The minimum Gasteiger partial charge on any atom is -0.486 e. The molecule has 1 N–H and O–H groups in total. The standard InChI is InChI=1S/C18H19N3O3S2/c1-20(2)5-6-21(17(22)15-4-3-9-25-15)18-19-12-10-13-14(11-16(12)26-18)24-8-7-23-13/h3-4,9-11H,5-8H2,1-2H3/p+1. The molecule has 0 saturated heterocycles. The third-order valence-electron chi connectivity index (χ3n) is 4.08. The molecule has 136 valence electrons. The van der Waals surface area contributed by atoms with Crippen molar-refractivity contribution in [3.63, 3.8) is 0 Å². The molecule has 0 bridgehead atoms. The van der Waals surface area contributed by atoms with Gasteiger partial charge < -0.3 is 14.4 Å². The van der Waals surface area contributed by atoms with Gasteiger partial charge in [0.2, 0.25) is 0 Å². The number of likely N-dealkylation sites (N-methyl/N-ethyl adjacent to an activating group) is 1. The molecule has 0 unspecified atom stereocenters. The number of hydrogen-bond donors (Lipinski definition) is 1. The molecule has 2 aromatic heterocycles. The summed E-state index contributed by atoms with van der Waals surface area (Å²) in [4.78, 5) is 21.5. The molecule has 0 radical (unpaired) electrons. The van der Waals surface area contributed by atoms with Gasteiger partial charge in [-0.2, -0.15) is 0 Å². The number of aromatic nitrogens is 1. The number of nitrogens with zero attached hydrogens (tertiary/aromatic N) is 2. The topological polar surface area (TPSA) is 56.1 Å². The van der Waals surface area contributed by atoms with Gasteiger partial charge in [0.15, 0.2) is 16.6 Å². The van der Waals surface area contributed by atoms with Crippen LogP contribution in [0.15, 0.2) is 29.6 Å². The van der Waals surface area contributed by atoms with Gasteiger partial charge in [-0.05, 0) is 11.4 Å². The summed E-state index contributed by atoms with van der Waals surface area (Å²) in [7, 11) is 4.16. The summed E-state index contributed by atoms with van der Waals surface area (Å²) in [6.45, 7) is 2.56. The molecule has 0 fully saturated rings. The Morgan fingerprint density at radius 1 is 1.27 bits per heavy atom. The van der Waals surface area contributed by atoms with E-state index in [0.717, 1.165) is 33.1 Å². The molecule has 0 saturated carbocycles. The van der Waals surface area contributed by atoms with Gasteiger partial charge in [-0.15, -0.1) is 11.3 Å². The molecule has 1 aliphatic heterocycles. The lowest BCUT2D eigenvalue weighted by Gasteiger charge is -2.19. The number of fused-ring (bicyclic) bond motifs is 2. The zero-order chi connectivity index (χ0) is 18.1. The van der Waals surface area contributed by atoms with E-state index < -0.39 is 0 Å². The van der Waals surface area contributed by atoms with Crippen LogP contribution in [0.3, 0.4) is 0 Å². The first kappa shape index (κ1) is 17.3. The monoisotopic (exact) mass is 390 g/mol. The summed E-state index contributed by atoms with van der Waals surface area (Å²) >= 11 is 2.96. The lowest BCUT2D eigenvalue weighted by molar-refractivity contribution is -0.856. The van der Waals surface area contributed by atoms with Crippen molar-refractivity contribution in [2.75, 3.05) is 45.3 Å². The molecular weight excluding hydrogens is 370 g/mol. The van der Waals surface area contributed by atoms with Gasteiger partial charge in [0, 0.05) is 12.1 Å². The second-order valence-corrected chi connectivity index (χ2v) is 8.31. The van der Waals surface area contributed by atoms with Crippen molar-refractivity contribution in [3.05, 3.63) is 34.5 Å². The maximum absolute atomic E-state index is 13.0. The molecule has 1 aliphatic rings. The number of nitrogens with one attached hydrogen (secondary N) is 1. The van der Waals surface area contributed by atoms with Crippen molar-refractivity contribution >= 4 is 43.9 Å². The van der Waals surface area contributed by atoms with Crippen molar-refractivity contribution in [1.82, 2.24) is 4.98 Å². The normalized spacial score (nSPS) is 13.3. The summed E-state index contributed by atoms with van der Waals surface area (Å²) in [5.41, 5.74) is 0.829. The second-order valence-electron chi connectivity index (χ2n) is 6.35. The largest absolute Gasteiger partial charge is 0.486 e. The number of carbonyl (C=O) groups excluding carboxylic acids is 1. The minimum atomic E-state index is -0.00225. The van der Waals surface area contributed by atoms with Crippen LogP contribution in [0.1, 0.15) is 9.67 Å². The van der Waals surface area contributed by atoms with E-state index in [2.05, 4.69) is 14.1 Å². The Labute approximate surface area is 159 Å². The van der Waals surface area contributed by atoms with E-state index in [4.69, 9.17) is 14.5 Å². The van der Waals surface area contributed by atoms with Crippen LogP contribution < -0.4 is 19.3 Å². The first-order valence-electron chi connectivity index (χ1n) is 8.46. The van der Waals surface area contributed by atoms with E-state index in [1.807, 2.05) is 29.6 Å². The van der Waals surface area contributed by atoms with E-state index in [1.54, 1.807) is 4.90 Å². The third kappa shape index (κ3) is 3.40. The molecule has 6 nitrogen and oxygen atoms in total. The van der Waals surface area contributed by atoms with E-state index in [1.165, 1.54) is 27.6 Å². The van der Waals surface area contributed by atoms with Crippen LogP contribution in [0, 0.1) is 0 Å². The molecule has 1 amide bonds. The predicted octanol–water partition coefficient (Wildman–Crippen LogP) is 1.92. The highest BCUT2D eigenvalue weighted by Crippen LogP contribution is 2.39. The fraction of sp³-hybridized carbons (Fsp3) is 0.333. The average molecular weight is 391 g/mol. The van der Waals surface area contributed by atoms with E-state index in [9.17, 15) is 4.79 Å². The number of anilines is 1. The van der Waals surface area contributed by atoms with Crippen LogP contribution in [0.2, 0.25) is 0 Å². The molecule has 8 heteroatoms. The number of thiazole rings is 1. The molecular formula is C18H20N3O3S2+. The first-order chi connectivity index (χ1) is 12.6. The zero-order valence-corrected chi connectivity index (χ0v) is 16.3. The number of benzene rings is 1. The van der Waals surface area contributed by atoms with Gasteiger partial charge in [0.05, 0.1) is 42.3 Å². The number of quaternary nitrogens is 1. The molecule has 1 aromatic carbocycles. The van der Waals surface area contributed by atoms with Crippen molar-refractivity contribution in [1.29, 1.82) is 0 Å². The number of amides is 1. The molecule has 0 spiro atoms.